The van der Waals surface area contributed by atoms with Crippen molar-refractivity contribution in [1.29, 1.82) is 0 Å². The van der Waals surface area contributed by atoms with Gasteiger partial charge in [0.15, 0.2) is 6.61 Å². The number of ether oxygens (including phenoxy) is 1. The van der Waals surface area contributed by atoms with Gasteiger partial charge in [0.25, 0.3) is 5.91 Å². The van der Waals surface area contributed by atoms with Crippen LogP contribution >= 0.6 is 0 Å². The second-order valence-corrected chi connectivity index (χ2v) is 6.73. The SMILES string of the molecule is CC(C)NC(=O)[C@H](C)N(Cc1ccc(F)cc1)C(=O)COc1ccc(F)cc1. The molecule has 0 saturated carbocycles. The third kappa shape index (κ3) is 6.33. The number of carbonyl (C=O) groups is 2. The fourth-order valence-corrected chi connectivity index (χ4v) is 2.53. The van der Waals surface area contributed by atoms with Crippen molar-refractivity contribution in [2.24, 2.45) is 0 Å². The number of benzene rings is 2. The molecule has 0 aliphatic rings. The van der Waals surface area contributed by atoms with E-state index in [1.807, 2.05) is 13.8 Å². The van der Waals surface area contributed by atoms with Gasteiger partial charge in [-0.05, 0) is 62.7 Å². The Balaban J connectivity index is 2.12. The number of hydrogen-bond donors (Lipinski definition) is 1. The number of rotatable bonds is 8. The summed E-state index contributed by atoms with van der Waals surface area (Å²) >= 11 is 0. The number of hydrogen-bond acceptors (Lipinski definition) is 3. The fourth-order valence-electron chi connectivity index (χ4n) is 2.53. The average molecular weight is 390 g/mol. The van der Waals surface area contributed by atoms with E-state index in [9.17, 15) is 18.4 Å². The van der Waals surface area contributed by atoms with Gasteiger partial charge in [-0.1, -0.05) is 12.1 Å². The highest BCUT2D eigenvalue weighted by molar-refractivity contribution is 5.88. The van der Waals surface area contributed by atoms with Crippen LogP contribution in [0.3, 0.4) is 0 Å². The molecule has 5 nitrogen and oxygen atoms in total. The molecule has 0 bridgehead atoms. The quantitative estimate of drug-likeness (QED) is 0.753. The highest BCUT2D eigenvalue weighted by atomic mass is 19.1. The Morgan fingerprint density at radius 1 is 0.964 bits per heavy atom. The van der Waals surface area contributed by atoms with Gasteiger partial charge < -0.3 is 15.0 Å². The first-order valence-electron chi connectivity index (χ1n) is 8.99. The van der Waals surface area contributed by atoms with Crippen molar-refractivity contribution in [2.75, 3.05) is 6.61 Å². The zero-order chi connectivity index (χ0) is 20.7. The monoisotopic (exact) mass is 390 g/mol. The van der Waals surface area contributed by atoms with Gasteiger partial charge in [0, 0.05) is 12.6 Å². The van der Waals surface area contributed by atoms with Crippen LogP contribution < -0.4 is 10.1 Å². The maximum Gasteiger partial charge on any atom is 0.261 e. The van der Waals surface area contributed by atoms with Crippen molar-refractivity contribution in [1.82, 2.24) is 10.2 Å². The third-order valence-electron chi connectivity index (χ3n) is 4.04. The minimum absolute atomic E-state index is 0.0758. The summed E-state index contributed by atoms with van der Waals surface area (Å²) in [6, 6.07) is 10.2. The lowest BCUT2D eigenvalue weighted by molar-refractivity contribution is -0.142. The van der Waals surface area contributed by atoms with Crippen molar-refractivity contribution in [3.05, 3.63) is 65.7 Å². The maximum atomic E-state index is 13.2. The Morgan fingerprint density at radius 2 is 1.50 bits per heavy atom. The highest BCUT2D eigenvalue weighted by Gasteiger charge is 2.26. The van der Waals surface area contributed by atoms with Crippen LogP contribution in [0.4, 0.5) is 8.78 Å². The molecule has 0 spiro atoms. The van der Waals surface area contributed by atoms with Gasteiger partial charge in [-0.2, -0.15) is 0 Å². The van der Waals surface area contributed by atoms with E-state index in [4.69, 9.17) is 4.74 Å². The van der Waals surface area contributed by atoms with Crippen molar-refractivity contribution < 1.29 is 23.1 Å². The predicted octanol–water partition coefficient (Wildman–Crippen LogP) is 3.29. The van der Waals surface area contributed by atoms with Crippen molar-refractivity contribution in [3.8, 4) is 5.75 Å². The van der Waals surface area contributed by atoms with Gasteiger partial charge in [0.2, 0.25) is 5.91 Å². The fraction of sp³-hybridized carbons (Fsp3) is 0.333. The second kappa shape index (κ2) is 9.82. The van der Waals surface area contributed by atoms with Crippen molar-refractivity contribution in [3.63, 3.8) is 0 Å². The molecule has 0 radical (unpaired) electrons. The molecular weight excluding hydrogens is 366 g/mol. The first-order chi connectivity index (χ1) is 13.3. The Hall–Kier alpha value is -2.96. The smallest absolute Gasteiger partial charge is 0.261 e. The molecule has 2 amide bonds. The van der Waals surface area contributed by atoms with Crippen LogP contribution in [0, 0.1) is 11.6 Å². The van der Waals surface area contributed by atoms with Crippen molar-refractivity contribution in [2.45, 2.75) is 39.4 Å². The zero-order valence-corrected chi connectivity index (χ0v) is 16.1. The van der Waals surface area contributed by atoms with E-state index in [2.05, 4.69) is 5.32 Å². The topological polar surface area (TPSA) is 58.6 Å². The Labute approximate surface area is 163 Å². The van der Waals surface area contributed by atoms with Crippen LogP contribution in [0.5, 0.6) is 5.75 Å². The van der Waals surface area contributed by atoms with Crippen LogP contribution in [0.15, 0.2) is 48.5 Å². The third-order valence-corrected chi connectivity index (χ3v) is 4.04. The zero-order valence-electron chi connectivity index (χ0n) is 16.1. The van der Waals surface area contributed by atoms with Crippen LogP contribution in [0.1, 0.15) is 26.3 Å². The van der Waals surface area contributed by atoms with E-state index >= 15 is 0 Å². The summed E-state index contributed by atoms with van der Waals surface area (Å²) in [5.41, 5.74) is 0.681. The van der Waals surface area contributed by atoms with E-state index in [-0.39, 0.29) is 30.9 Å². The van der Waals surface area contributed by atoms with Crippen molar-refractivity contribution >= 4 is 11.8 Å². The average Bonchev–Trinajstić information content (AvgIpc) is 2.65. The normalized spacial score (nSPS) is 11.8. The van der Waals surface area contributed by atoms with E-state index < -0.39 is 17.8 Å². The van der Waals surface area contributed by atoms with E-state index in [0.717, 1.165) is 0 Å². The number of halogens is 2. The number of carbonyl (C=O) groups excluding carboxylic acids is 2. The van der Waals surface area contributed by atoms with E-state index in [1.165, 1.54) is 41.3 Å². The first kappa shape index (κ1) is 21.3. The molecule has 0 saturated heterocycles. The van der Waals surface area contributed by atoms with Crippen LogP contribution in [0.2, 0.25) is 0 Å². The van der Waals surface area contributed by atoms with Gasteiger partial charge in [-0.3, -0.25) is 9.59 Å². The van der Waals surface area contributed by atoms with E-state index in [1.54, 1.807) is 19.1 Å². The molecule has 150 valence electrons. The minimum Gasteiger partial charge on any atom is -0.484 e. The lowest BCUT2D eigenvalue weighted by Gasteiger charge is -2.29. The first-order valence-corrected chi connectivity index (χ1v) is 8.99. The number of amides is 2. The van der Waals surface area contributed by atoms with Crippen LogP contribution in [-0.4, -0.2) is 35.4 Å². The van der Waals surface area contributed by atoms with Gasteiger partial charge in [0.05, 0.1) is 0 Å². The molecular formula is C21H24F2N2O3. The summed E-state index contributed by atoms with van der Waals surface area (Å²) < 4.78 is 31.6. The van der Waals surface area contributed by atoms with Gasteiger partial charge in [-0.25, -0.2) is 8.78 Å². The molecule has 0 aliphatic carbocycles. The minimum atomic E-state index is -0.753. The molecule has 0 aliphatic heterocycles. The summed E-state index contributed by atoms with van der Waals surface area (Å²) in [5, 5.41) is 2.78. The molecule has 2 aromatic carbocycles. The summed E-state index contributed by atoms with van der Waals surface area (Å²) in [4.78, 5) is 26.5. The van der Waals surface area contributed by atoms with Crippen LogP contribution in [-0.2, 0) is 16.1 Å². The second-order valence-electron chi connectivity index (χ2n) is 6.73. The highest BCUT2D eigenvalue weighted by Crippen LogP contribution is 2.14. The molecule has 2 rings (SSSR count). The molecule has 7 heteroatoms. The lowest BCUT2D eigenvalue weighted by atomic mass is 10.1. The molecule has 0 fully saturated rings. The molecule has 1 atom stereocenters. The molecule has 2 aromatic rings. The standard InChI is InChI=1S/C21H24F2N2O3/c1-14(2)24-21(27)15(3)25(12-16-4-6-17(22)7-5-16)20(26)13-28-19-10-8-18(23)9-11-19/h4-11,14-15H,12-13H2,1-3H3,(H,24,27)/t15-/m0/s1. The largest absolute Gasteiger partial charge is 0.484 e. The molecule has 1 N–H and O–H groups in total. The van der Waals surface area contributed by atoms with E-state index in [0.29, 0.717) is 11.3 Å². The predicted molar refractivity (Wildman–Crippen MR) is 102 cm³/mol. The van der Waals surface area contributed by atoms with Gasteiger partial charge in [0.1, 0.15) is 23.4 Å². The summed E-state index contributed by atoms with van der Waals surface area (Å²) in [7, 11) is 0. The summed E-state index contributed by atoms with van der Waals surface area (Å²) in [6.45, 7) is 5.09. The molecule has 28 heavy (non-hydrogen) atoms. The Morgan fingerprint density at radius 3 is 2.04 bits per heavy atom. The maximum absolute atomic E-state index is 13.2. The van der Waals surface area contributed by atoms with Gasteiger partial charge in [-0.15, -0.1) is 0 Å². The number of nitrogens with zero attached hydrogens (tertiary/aromatic N) is 1. The molecule has 0 heterocycles. The summed E-state index contributed by atoms with van der Waals surface area (Å²) in [5.74, 6) is -1.16. The number of nitrogens with one attached hydrogen (secondary N) is 1. The molecule has 0 aromatic heterocycles. The molecule has 0 unspecified atom stereocenters. The summed E-state index contributed by atoms with van der Waals surface area (Å²) in [6.07, 6.45) is 0. The Kier molecular flexibility index (Phi) is 7.49. The van der Waals surface area contributed by atoms with Crippen LogP contribution in [0.25, 0.3) is 0 Å². The van der Waals surface area contributed by atoms with Gasteiger partial charge >= 0.3 is 0 Å². The lowest BCUT2D eigenvalue weighted by Crippen LogP contribution is -2.50. The Bertz CT molecular complexity index is 792.